The van der Waals surface area contributed by atoms with Gasteiger partial charge in [0.15, 0.2) is 0 Å². The van der Waals surface area contributed by atoms with Crippen molar-refractivity contribution in [2.75, 3.05) is 6.54 Å². The average molecular weight is 561 g/mol. The van der Waals surface area contributed by atoms with Crippen molar-refractivity contribution in [3.8, 4) is 11.3 Å². The summed E-state index contributed by atoms with van der Waals surface area (Å²) in [7, 11) is 0. The van der Waals surface area contributed by atoms with E-state index in [1.165, 1.54) is 18.6 Å². The number of benzene rings is 2. The van der Waals surface area contributed by atoms with Crippen LogP contribution in [-0.2, 0) is 17.9 Å². The first-order valence-electron chi connectivity index (χ1n) is 14.0. The molecule has 3 aromatic rings. The van der Waals surface area contributed by atoms with Gasteiger partial charge in [-0.3, -0.25) is 14.6 Å². The minimum absolute atomic E-state index is 0. The van der Waals surface area contributed by atoms with E-state index in [0.29, 0.717) is 30.5 Å². The highest BCUT2D eigenvalue weighted by Crippen LogP contribution is 2.57. The average Bonchev–Trinajstić information content (AvgIpc) is 3.35. The van der Waals surface area contributed by atoms with Crippen LogP contribution < -0.4 is 10.6 Å². The Morgan fingerprint density at radius 2 is 1.65 bits per heavy atom. The van der Waals surface area contributed by atoms with Crippen LogP contribution in [0.1, 0.15) is 60.0 Å². The number of pyridine rings is 1. The molecule has 8 rings (SSSR count). The Morgan fingerprint density at radius 1 is 0.925 bits per heavy atom. The number of rotatable bonds is 6. The highest BCUT2D eigenvalue weighted by molar-refractivity contribution is 5.95. The maximum atomic E-state index is 13.6. The molecule has 4 aliphatic carbocycles. The van der Waals surface area contributed by atoms with Crippen LogP contribution in [0.25, 0.3) is 11.3 Å². The maximum Gasteiger partial charge on any atom is 0.251 e. The first-order chi connectivity index (χ1) is 18.9. The molecule has 4 atom stereocenters. The highest BCUT2D eigenvalue weighted by Gasteiger charge is 2.58. The molecule has 5 aliphatic rings. The predicted octanol–water partition coefficient (Wildman–Crippen LogP) is 5.26. The van der Waals surface area contributed by atoms with E-state index in [-0.39, 0.29) is 47.7 Å². The second-order valence-electron chi connectivity index (χ2n) is 12.3. The molecule has 6 nitrogen and oxygen atoms in total. The van der Waals surface area contributed by atoms with Crippen LogP contribution in [0, 0.1) is 17.7 Å². The third-order valence-corrected chi connectivity index (χ3v) is 9.41. The monoisotopic (exact) mass is 560 g/mol. The lowest BCUT2D eigenvalue weighted by atomic mass is 9.50. The van der Waals surface area contributed by atoms with E-state index >= 15 is 0 Å². The number of amides is 2. The van der Waals surface area contributed by atoms with Crippen LogP contribution in [0.5, 0.6) is 0 Å². The van der Waals surface area contributed by atoms with Crippen molar-refractivity contribution in [2.24, 2.45) is 11.8 Å². The van der Waals surface area contributed by atoms with Crippen LogP contribution in [0.15, 0.2) is 66.9 Å². The topological polar surface area (TPSA) is 74.3 Å². The first-order valence-corrected chi connectivity index (χ1v) is 14.0. The van der Waals surface area contributed by atoms with E-state index in [9.17, 15) is 14.0 Å². The molecule has 208 valence electrons. The van der Waals surface area contributed by atoms with Gasteiger partial charge in [-0.1, -0.05) is 24.3 Å². The SMILES string of the molecule is Cl.O=C(NC12C[C@@H]3C[C@@H](CC(NCC(=O)N4Cc5ccc(F)cc5C4)(C3)C1)C2)c1ccc(-c2ccccn2)cc1. The van der Waals surface area contributed by atoms with Gasteiger partial charge in [0.1, 0.15) is 5.82 Å². The fraction of sp³-hybridized carbons (Fsp3) is 0.406. The molecular formula is C32H34ClFN4O2. The lowest BCUT2D eigenvalue weighted by molar-refractivity contribution is -0.132. The van der Waals surface area contributed by atoms with Crippen LogP contribution in [-0.4, -0.2) is 39.3 Å². The number of hydrogen-bond acceptors (Lipinski definition) is 4. The molecule has 1 aromatic heterocycles. The molecule has 40 heavy (non-hydrogen) atoms. The molecule has 0 saturated heterocycles. The van der Waals surface area contributed by atoms with Crippen LogP contribution >= 0.6 is 12.4 Å². The van der Waals surface area contributed by atoms with Gasteiger partial charge < -0.3 is 15.5 Å². The molecular weight excluding hydrogens is 527 g/mol. The van der Waals surface area contributed by atoms with Crippen molar-refractivity contribution in [2.45, 2.75) is 62.7 Å². The van der Waals surface area contributed by atoms with Crippen molar-refractivity contribution < 1.29 is 14.0 Å². The van der Waals surface area contributed by atoms with Gasteiger partial charge in [0.2, 0.25) is 5.91 Å². The molecule has 1 aliphatic heterocycles. The summed E-state index contributed by atoms with van der Waals surface area (Å²) < 4.78 is 13.6. The van der Waals surface area contributed by atoms with Gasteiger partial charge in [0.05, 0.1) is 12.2 Å². The number of aromatic nitrogens is 1. The zero-order valence-corrected chi connectivity index (χ0v) is 23.2. The van der Waals surface area contributed by atoms with Gasteiger partial charge >= 0.3 is 0 Å². The molecule has 4 saturated carbocycles. The maximum absolute atomic E-state index is 13.6. The Bertz CT molecular complexity index is 1420. The number of hydrogen-bond donors (Lipinski definition) is 2. The van der Waals surface area contributed by atoms with Gasteiger partial charge in [0, 0.05) is 41.5 Å². The Labute approximate surface area is 240 Å². The van der Waals surface area contributed by atoms with Gasteiger partial charge in [-0.2, -0.15) is 0 Å². The van der Waals surface area contributed by atoms with E-state index in [1.807, 2.05) is 47.4 Å². The zero-order valence-electron chi connectivity index (χ0n) is 22.4. The molecule has 4 fully saturated rings. The summed E-state index contributed by atoms with van der Waals surface area (Å²) in [6.45, 7) is 1.27. The number of halogens is 2. The van der Waals surface area contributed by atoms with Crippen molar-refractivity contribution in [3.05, 3.63) is 89.4 Å². The van der Waals surface area contributed by atoms with Crippen molar-refractivity contribution in [1.29, 1.82) is 0 Å². The fourth-order valence-electron chi connectivity index (χ4n) is 8.17. The van der Waals surface area contributed by atoms with Crippen LogP contribution in [0.4, 0.5) is 4.39 Å². The van der Waals surface area contributed by atoms with Crippen molar-refractivity contribution >= 4 is 24.2 Å². The molecule has 2 unspecified atom stereocenters. The fourth-order valence-corrected chi connectivity index (χ4v) is 8.17. The largest absolute Gasteiger partial charge is 0.347 e. The lowest BCUT2D eigenvalue weighted by Crippen LogP contribution is -2.69. The molecule has 2 heterocycles. The van der Waals surface area contributed by atoms with Gasteiger partial charge in [-0.05, 0) is 97.9 Å². The summed E-state index contributed by atoms with van der Waals surface area (Å²) in [6, 6.07) is 18.3. The Hall–Kier alpha value is -3.29. The smallest absolute Gasteiger partial charge is 0.251 e. The first kappa shape index (κ1) is 26.9. The van der Waals surface area contributed by atoms with Crippen LogP contribution in [0.3, 0.4) is 0 Å². The second-order valence-corrected chi connectivity index (χ2v) is 12.3. The van der Waals surface area contributed by atoms with Gasteiger partial charge in [-0.25, -0.2) is 4.39 Å². The number of carbonyl (C=O) groups excluding carboxylic acids is 2. The number of fused-ring (bicyclic) bond motifs is 1. The standard InChI is InChI=1S/C32H33FN4O2.ClH/c33-27-9-8-25-18-37(19-26(25)12-27)29(38)17-35-31-13-21-11-22(14-31)16-32(15-21,20-31)36-30(39)24-6-4-23(5-7-24)28-3-1-2-10-34-28;/h1-10,12,21-22,35H,11,13-20H2,(H,36,39);1H/t21-,22+,31?,32?;. The quantitative estimate of drug-likeness (QED) is 0.431. The minimum Gasteiger partial charge on any atom is -0.347 e. The number of nitrogens with one attached hydrogen (secondary N) is 2. The highest BCUT2D eigenvalue weighted by atomic mass is 35.5. The summed E-state index contributed by atoms with van der Waals surface area (Å²) in [5.41, 5.74) is 4.08. The van der Waals surface area contributed by atoms with E-state index in [2.05, 4.69) is 15.6 Å². The normalized spacial score (nSPS) is 27.7. The van der Waals surface area contributed by atoms with E-state index in [4.69, 9.17) is 0 Å². The molecule has 2 amide bonds. The Kier molecular flexibility index (Phi) is 6.91. The molecule has 0 radical (unpaired) electrons. The zero-order chi connectivity index (χ0) is 26.6. The van der Waals surface area contributed by atoms with Crippen molar-refractivity contribution in [3.63, 3.8) is 0 Å². The number of carbonyl (C=O) groups is 2. The Morgan fingerprint density at radius 3 is 2.38 bits per heavy atom. The third kappa shape index (κ3) is 5.01. The van der Waals surface area contributed by atoms with Gasteiger partial charge in [0.25, 0.3) is 5.91 Å². The number of nitrogens with zero attached hydrogens (tertiary/aromatic N) is 2. The van der Waals surface area contributed by atoms with Crippen LogP contribution in [0.2, 0.25) is 0 Å². The summed E-state index contributed by atoms with van der Waals surface area (Å²) in [5.74, 6) is 0.872. The van der Waals surface area contributed by atoms with E-state index in [1.54, 1.807) is 12.3 Å². The molecule has 2 aromatic carbocycles. The van der Waals surface area contributed by atoms with E-state index in [0.717, 1.165) is 54.5 Å². The summed E-state index contributed by atoms with van der Waals surface area (Å²) in [5, 5.41) is 7.14. The molecule has 2 N–H and O–H groups in total. The summed E-state index contributed by atoms with van der Waals surface area (Å²) >= 11 is 0. The third-order valence-electron chi connectivity index (χ3n) is 9.41. The minimum atomic E-state index is -0.258. The summed E-state index contributed by atoms with van der Waals surface area (Å²) in [6.07, 6.45) is 7.95. The summed E-state index contributed by atoms with van der Waals surface area (Å²) in [4.78, 5) is 32.8. The molecule has 8 heteroatoms. The Balaban J connectivity index is 0.00000289. The van der Waals surface area contributed by atoms with E-state index < -0.39 is 0 Å². The van der Waals surface area contributed by atoms with Crippen molar-refractivity contribution in [1.82, 2.24) is 20.5 Å². The molecule has 4 bridgehead atoms. The predicted molar refractivity (Wildman–Crippen MR) is 153 cm³/mol. The second kappa shape index (κ2) is 10.3. The van der Waals surface area contributed by atoms with Gasteiger partial charge in [-0.15, -0.1) is 12.4 Å². The molecule has 0 spiro atoms. The lowest BCUT2D eigenvalue weighted by Gasteiger charge is -2.62.